The van der Waals surface area contributed by atoms with E-state index >= 15 is 0 Å². The summed E-state index contributed by atoms with van der Waals surface area (Å²) in [6, 6.07) is -2.19. The zero-order chi connectivity index (χ0) is 36.1. The first kappa shape index (κ1) is 47.6. The number of rotatable bonds is 19. The zero-order valence-corrected chi connectivity index (χ0v) is 30.6. The first-order valence-electron chi connectivity index (χ1n) is 13.6. The van der Waals surface area contributed by atoms with Crippen molar-refractivity contribution >= 4 is 90.7 Å². The maximum Gasteiger partial charge on any atom is 0.329 e. The minimum Gasteiger partial charge on any atom is -0.469 e. The van der Waals surface area contributed by atoms with Crippen molar-refractivity contribution in [3.8, 4) is 0 Å². The third-order valence-corrected chi connectivity index (χ3v) is 9.09. The molecule has 4 amide bonds. The van der Waals surface area contributed by atoms with Crippen LogP contribution in [0.2, 0.25) is 0 Å². The number of amides is 4. The highest BCUT2D eigenvalue weighted by Crippen LogP contribution is 2.24. The Morgan fingerprint density at radius 2 is 0.913 bits per heavy atom. The number of ether oxygens (including phenoxy) is 4. The average molecular weight is 735 g/mol. The summed E-state index contributed by atoms with van der Waals surface area (Å²) in [5, 5.41) is 7.54. The lowest BCUT2D eigenvalue weighted by atomic mass is 10.3. The number of methoxy groups -OCH3 is 2. The molecule has 266 valence electrons. The molecule has 2 unspecified atom stereocenters. The Labute approximate surface area is 285 Å². The first-order valence-corrected chi connectivity index (χ1v) is 18.6. The largest absolute Gasteiger partial charge is 0.469 e. The molecular weight excluding hydrogens is 689 g/mol. The molecule has 0 bridgehead atoms. The van der Waals surface area contributed by atoms with Gasteiger partial charge >= 0.3 is 23.9 Å². The Morgan fingerprint density at radius 1 is 0.587 bits per heavy atom. The predicted octanol–water partition coefficient (Wildman–Crippen LogP) is 0.604. The summed E-state index contributed by atoms with van der Waals surface area (Å²) in [4.78, 5) is 88.1. The summed E-state index contributed by atoms with van der Waals surface area (Å²) >= 11 is 0. The third-order valence-electron chi connectivity index (χ3n) is 4.25. The SMILES string of the molecule is CC(N)=O.CCOC(=O)C(CSSCC(NC(C)=O)C(=O)OCC)NC(C)=O.COC(=O)CCSSC[C@H](NC(C)=O)C(=O)OC. The number of hydrogen-bond acceptors (Lipinski definition) is 16. The smallest absolute Gasteiger partial charge is 0.329 e. The molecular formula is C26H46N4O12S4. The fourth-order valence-electron chi connectivity index (χ4n) is 2.50. The van der Waals surface area contributed by atoms with Gasteiger partial charge in [-0.3, -0.25) is 24.0 Å². The maximum absolute atomic E-state index is 11.8. The molecule has 0 saturated carbocycles. The van der Waals surface area contributed by atoms with Crippen LogP contribution in [0.1, 0.15) is 48.0 Å². The van der Waals surface area contributed by atoms with Gasteiger partial charge in [-0.2, -0.15) is 0 Å². The minimum atomic E-state index is -0.762. The molecule has 0 saturated heterocycles. The van der Waals surface area contributed by atoms with Crippen molar-refractivity contribution in [2.75, 3.05) is 50.4 Å². The molecule has 0 aliphatic carbocycles. The van der Waals surface area contributed by atoms with Gasteiger partial charge in [0.15, 0.2) is 0 Å². The van der Waals surface area contributed by atoms with Gasteiger partial charge in [0.05, 0.1) is 33.9 Å². The van der Waals surface area contributed by atoms with Crippen LogP contribution in [-0.4, -0.2) is 116 Å². The van der Waals surface area contributed by atoms with Gasteiger partial charge in [-0.15, -0.1) is 0 Å². The van der Waals surface area contributed by atoms with Crippen LogP contribution in [0.4, 0.5) is 0 Å². The van der Waals surface area contributed by atoms with E-state index in [2.05, 4.69) is 31.2 Å². The van der Waals surface area contributed by atoms with Crippen LogP contribution < -0.4 is 21.7 Å². The Bertz CT molecular complexity index is 931. The van der Waals surface area contributed by atoms with E-state index in [4.69, 9.17) is 9.47 Å². The van der Waals surface area contributed by atoms with Gasteiger partial charge in [-0.05, 0) is 13.8 Å². The number of nitrogens with one attached hydrogen (secondary N) is 3. The van der Waals surface area contributed by atoms with Crippen molar-refractivity contribution < 1.29 is 57.3 Å². The quantitative estimate of drug-likeness (QED) is 0.0615. The number of carbonyl (C=O) groups excluding carboxylic acids is 8. The topological polar surface area (TPSA) is 236 Å². The normalized spacial score (nSPS) is 11.7. The Balaban J connectivity index is -0.000000741. The number of hydrogen-bond donors (Lipinski definition) is 4. The molecule has 0 aromatic rings. The summed E-state index contributed by atoms with van der Waals surface area (Å²) in [5.74, 6) is -1.52. The van der Waals surface area contributed by atoms with Crippen molar-refractivity contribution in [3.63, 3.8) is 0 Å². The molecule has 0 rings (SSSR count). The van der Waals surface area contributed by atoms with E-state index in [1.165, 1.54) is 85.1 Å². The van der Waals surface area contributed by atoms with Crippen molar-refractivity contribution in [1.29, 1.82) is 0 Å². The maximum atomic E-state index is 11.8. The fraction of sp³-hybridized carbons (Fsp3) is 0.692. The molecule has 0 fully saturated rings. The predicted molar refractivity (Wildman–Crippen MR) is 179 cm³/mol. The lowest BCUT2D eigenvalue weighted by Crippen LogP contribution is -2.43. The van der Waals surface area contributed by atoms with Gasteiger partial charge in [0.1, 0.15) is 18.1 Å². The molecule has 0 aromatic carbocycles. The van der Waals surface area contributed by atoms with E-state index in [9.17, 15) is 38.4 Å². The minimum absolute atomic E-state index is 0.222. The molecule has 0 radical (unpaired) electrons. The molecule has 0 aliphatic rings. The van der Waals surface area contributed by atoms with Crippen LogP contribution in [-0.2, 0) is 57.3 Å². The standard InChI is InChI=1S/C14H24N2O6S2.C10H17NO5S2.C2H5NO/c1-5-21-13(19)11(15-9(3)17)7-23-24-8-12(16-10(4)18)14(20)22-6-2;1-7(12)11-8(10(14)16-3)6-18-17-5-4-9(13)15-2;1-2(3)4/h11-12H,5-8H2,1-4H3,(H,15,17)(H,16,18);8H,4-6H2,1-3H3,(H,11,12);1H3,(H2,3,4)/t;8-;/m.0./s1. The molecule has 3 atom stereocenters. The molecule has 0 heterocycles. The van der Waals surface area contributed by atoms with Crippen LogP contribution in [0.3, 0.4) is 0 Å². The Kier molecular flexibility index (Phi) is 31.8. The average Bonchev–Trinajstić information content (AvgIpc) is 2.96. The van der Waals surface area contributed by atoms with Gasteiger partial charge in [0.25, 0.3) is 0 Å². The summed E-state index contributed by atoms with van der Waals surface area (Å²) in [6.45, 7) is 9.09. The van der Waals surface area contributed by atoms with Crippen LogP contribution in [0.25, 0.3) is 0 Å². The summed E-state index contributed by atoms with van der Waals surface area (Å²) in [7, 11) is 8.02. The lowest BCUT2D eigenvalue weighted by molar-refractivity contribution is -0.147. The lowest BCUT2D eigenvalue weighted by Gasteiger charge is -2.17. The van der Waals surface area contributed by atoms with E-state index in [1.54, 1.807) is 13.8 Å². The van der Waals surface area contributed by atoms with Gasteiger partial charge in [-0.25, -0.2) is 14.4 Å². The van der Waals surface area contributed by atoms with Crippen LogP contribution >= 0.6 is 43.2 Å². The second kappa shape index (κ2) is 30.8. The molecule has 20 heteroatoms. The Hall–Kier alpha value is -2.84. The van der Waals surface area contributed by atoms with Crippen molar-refractivity contribution in [2.24, 2.45) is 5.73 Å². The number of primary amides is 1. The summed E-state index contributed by atoms with van der Waals surface area (Å²) < 4.78 is 18.9. The number of nitrogens with two attached hydrogens (primary N) is 1. The van der Waals surface area contributed by atoms with Crippen molar-refractivity contribution in [3.05, 3.63) is 0 Å². The van der Waals surface area contributed by atoms with Crippen LogP contribution in [0.5, 0.6) is 0 Å². The highest BCUT2D eigenvalue weighted by atomic mass is 33.1. The van der Waals surface area contributed by atoms with Gasteiger partial charge in [0, 0.05) is 50.7 Å². The van der Waals surface area contributed by atoms with Crippen LogP contribution in [0, 0.1) is 0 Å². The first-order chi connectivity index (χ1) is 21.5. The molecule has 0 spiro atoms. The van der Waals surface area contributed by atoms with Gasteiger partial charge in [0.2, 0.25) is 23.6 Å². The Morgan fingerprint density at radius 3 is 1.20 bits per heavy atom. The fourth-order valence-corrected chi connectivity index (χ4v) is 6.92. The van der Waals surface area contributed by atoms with Crippen molar-refractivity contribution in [1.82, 2.24) is 16.0 Å². The highest BCUT2D eigenvalue weighted by molar-refractivity contribution is 8.77. The van der Waals surface area contributed by atoms with E-state index in [-0.39, 0.29) is 54.3 Å². The molecule has 46 heavy (non-hydrogen) atoms. The molecule has 16 nitrogen and oxygen atoms in total. The van der Waals surface area contributed by atoms with Crippen LogP contribution in [0.15, 0.2) is 0 Å². The molecule has 0 aliphatic heterocycles. The number of carbonyl (C=O) groups is 8. The monoisotopic (exact) mass is 734 g/mol. The second-order valence-corrected chi connectivity index (χ2v) is 13.6. The summed E-state index contributed by atoms with van der Waals surface area (Å²) in [5.41, 5.74) is 4.47. The van der Waals surface area contributed by atoms with E-state index < -0.39 is 36.0 Å². The van der Waals surface area contributed by atoms with Gasteiger partial charge < -0.3 is 40.6 Å². The van der Waals surface area contributed by atoms with E-state index in [1.807, 2.05) is 0 Å². The number of esters is 4. The molecule has 0 aromatic heterocycles. The highest BCUT2D eigenvalue weighted by Gasteiger charge is 2.24. The molecule has 5 N–H and O–H groups in total. The van der Waals surface area contributed by atoms with E-state index in [0.717, 1.165) is 0 Å². The van der Waals surface area contributed by atoms with E-state index in [0.29, 0.717) is 17.9 Å². The summed E-state index contributed by atoms with van der Waals surface area (Å²) in [6.07, 6.45) is 0.317. The van der Waals surface area contributed by atoms with Crippen molar-refractivity contribution in [2.45, 2.75) is 66.1 Å². The second-order valence-electron chi connectivity index (χ2n) is 8.40. The third kappa shape index (κ3) is 31.2. The zero-order valence-electron chi connectivity index (χ0n) is 27.3. The van der Waals surface area contributed by atoms with Gasteiger partial charge in [-0.1, -0.05) is 43.2 Å².